The molecule has 0 radical (unpaired) electrons. The molecule has 0 fully saturated rings. The topological polar surface area (TPSA) is 47.1 Å². The number of nitrogens with two attached hydrogens (primary N) is 1. The van der Waals surface area contributed by atoms with E-state index in [1.54, 1.807) is 0 Å². The van der Waals surface area contributed by atoms with Crippen LogP contribution in [0.3, 0.4) is 0 Å². The smallest absolute Gasteiger partial charge is 0.0847 e. The summed E-state index contributed by atoms with van der Waals surface area (Å²) in [4.78, 5) is 2.26. The summed E-state index contributed by atoms with van der Waals surface area (Å²) in [6.07, 6.45) is 2.80. The zero-order chi connectivity index (χ0) is 15.5. The zero-order valence-corrected chi connectivity index (χ0v) is 14.5. The van der Waals surface area contributed by atoms with Crippen LogP contribution >= 0.6 is 11.6 Å². The number of rotatable bonds is 7. The first-order valence-electron chi connectivity index (χ1n) is 7.48. The van der Waals surface area contributed by atoms with Gasteiger partial charge in [0.25, 0.3) is 0 Å². The van der Waals surface area contributed by atoms with Gasteiger partial charge in [0.1, 0.15) is 0 Å². The van der Waals surface area contributed by atoms with Gasteiger partial charge < -0.3 is 10.6 Å². The van der Waals surface area contributed by atoms with Crippen molar-refractivity contribution in [3.05, 3.63) is 16.4 Å². The number of aryl methyl sites for hydroxylation is 2. The molecular formula is C15H29ClN4. The van der Waals surface area contributed by atoms with Gasteiger partial charge in [-0.2, -0.15) is 5.10 Å². The quantitative estimate of drug-likeness (QED) is 0.842. The van der Waals surface area contributed by atoms with Crippen LogP contribution in [-0.4, -0.2) is 40.4 Å². The molecule has 0 spiro atoms. The predicted octanol–water partition coefficient (Wildman–Crippen LogP) is 2.86. The maximum Gasteiger partial charge on any atom is 0.0847 e. The van der Waals surface area contributed by atoms with E-state index in [0.29, 0.717) is 0 Å². The lowest BCUT2D eigenvalue weighted by molar-refractivity contribution is 0.105. The molecule has 0 aliphatic rings. The van der Waals surface area contributed by atoms with Gasteiger partial charge in [-0.15, -0.1) is 0 Å². The molecule has 0 bridgehead atoms. The fourth-order valence-electron chi connectivity index (χ4n) is 3.20. The minimum absolute atomic E-state index is 0.0000745. The Morgan fingerprint density at radius 2 is 1.85 bits per heavy atom. The Morgan fingerprint density at radius 3 is 2.25 bits per heavy atom. The summed E-state index contributed by atoms with van der Waals surface area (Å²) in [6.45, 7) is 9.25. The Balaban J connectivity index is 3.08. The van der Waals surface area contributed by atoms with E-state index in [1.165, 1.54) is 0 Å². The van der Waals surface area contributed by atoms with Crippen molar-refractivity contribution in [1.29, 1.82) is 0 Å². The van der Waals surface area contributed by atoms with Gasteiger partial charge >= 0.3 is 0 Å². The van der Waals surface area contributed by atoms with Crippen molar-refractivity contribution < 1.29 is 0 Å². The third kappa shape index (κ3) is 3.02. The lowest BCUT2D eigenvalue weighted by Gasteiger charge is -2.43. The highest BCUT2D eigenvalue weighted by Crippen LogP contribution is 2.29. The van der Waals surface area contributed by atoms with Gasteiger partial charge in [0, 0.05) is 24.5 Å². The maximum atomic E-state index is 6.57. The lowest BCUT2D eigenvalue weighted by Crippen LogP contribution is -2.57. The van der Waals surface area contributed by atoms with Gasteiger partial charge in [-0.25, -0.2) is 0 Å². The molecule has 1 rings (SSSR count). The van der Waals surface area contributed by atoms with Crippen molar-refractivity contribution in [3.63, 3.8) is 0 Å². The zero-order valence-electron chi connectivity index (χ0n) is 13.7. The van der Waals surface area contributed by atoms with Crippen molar-refractivity contribution in [1.82, 2.24) is 14.7 Å². The maximum absolute atomic E-state index is 6.57. The molecule has 1 unspecified atom stereocenters. The van der Waals surface area contributed by atoms with Gasteiger partial charge in [-0.05, 0) is 40.8 Å². The molecule has 1 atom stereocenters. The van der Waals surface area contributed by atoms with E-state index in [0.717, 1.165) is 42.2 Å². The summed E-state index contributed by atoms with van der Waals surface area (Å²) in [6, 6.07) is 0.0337. The second kappa shape index (κ2) is 6.92. The van der Waals surface area contributed by atoms with Gasteiger partial charge in [0.2, 0.25) is 0 Å². The number of hydrogen-bond acceptors (Lipinski definition) is 3. The third-order valence-corrected chi connectivity index (χ3v) is 5.16. The Labute approximate surface area is 128 Å². The minimum Gasteiger partial charge on any atom is -0.326 e. The highest BCUT2D eigenvalue weighted by atomic mass is 35.5. The normalized spacial score (nSPS) is 14.1. The van der Waals surface area contributed by atoms with E-state index < -0.39 is 0 Å². The molecule has 1 aromatic heterocycles. The van der Waals surface area contributed by atoms with Crippen molar-refractivity contribution in [2.45, 2.75) is 65.1 Å². The molecular weight excluding hydrogens is 272 g/mol. The Hall–Kier alpha value is -0.580. The van der Waals surface area contributed by atoms with Gasteiger partial charge in [0.15, 0.2) is 0 Å². The summed E-state index contributed by atoms with van der Waals surface area (Å²) < 4.78 is 1.98. The van der Waals surface area contributed by atoms with Crippen LogP contribution in [0.5, 0.6) is 0 Å². The van der Waals surface area contributed by atoms with E-state index in [4.69, 9.17) is 17.3 Å². The van der Waals surface area contributed by atoms with Crippen molar-refractivity contribution in [2.24, 2.45) is 5.73 Å². The summed E-state index contributed by atoms with van der Waals surface area (Å²) in [5, 5.41) is 5.24. The fraction of sp³-hybridized carbons (Fsp3) is 0.800. The van der Waals surface area contributed by atoms with Crippen LogP contribution in [-0.2, 0) is 13.0 Å². The standard InChI is InChI=1S/C15H29ClN4/c1-7-15(8-2,19(5)6)13(17)10-12-14(16)11(4)18-20(12)9-3/h13H,7-10,17H2,1-6H3. The molecule has 20 heavy (non-hydrogen) atoms. The van der Waals surface area contributed by atoms with E-state index >= 15 is 0 Å². The summed E-state index contributed by atoms with van der Waals surface area (Å²) in [5.74, 6) is 0. The van der Waals surface area contributed by atoms with E-state index in [9.17, 15) is 0 Å². The van der Waals surface area contributed by atoms with E-state index in [-0.39, 0.29) is 11.6 Å². The Morgan fingerprint density at radius 1 is 1.30 bits per heavy atom. The highest BCUT2D eigenvalue weighted by molar-refractivity contribution is 6.31. The van der Waals surface area contributed by atoms with Crippen LogP contribution in [0.4, 0.5) is 0 Å². The van der Waals surface area contributed by atoms with E-state index in [2.05, 4.69) is 44.9 Å². The van der Waals surface area contributed by atoms with Gasteiger partial charge in [0.05, 0.1) is 16.4 Å². The first-order valence-corrected chi connectivity index (χ1v) is 7.86. The molecule has 0 aliphatic heterocycles. The van der Waals surface area contributed by atoms with Gasteiger partial charge in [-0.1, -0.05) is 25.4 Å². The van der Waals surface area contributed by atoms with Crippen LogP contribution in [0.2, 0.25) is 5.02 Å². The monoisotopic (exact) mass is 300 g/mol. The molecule has 2 N–H and O–H groups in total. The van der Waals surface area contributed by atoms with Crippen molar-refractivity contribution in [2.75, 3.05) is 14.1 Å². The average Bonchev–Trinajstić information content (AvgIpc) is 2.68. The number of hydrogen-bond donors (Lipinski definition) is 1. The summed E-state index contributed by atoms with van der Waals surface area (Å²) in [7, 11) is 4.22. The predicted molar refractivity (Wildman–Crippen MR) is 86.3 cm³/mol. The molecule has 0 amide bonds. The number of nitrogens with zero attached hydrogens (tertiary/aromatic N) is 3. The SMILES string of the molecule is CCn1nc(C)c(Cl)c1CC(N)C(CC)(CC)N(C)C. The largest absolute Gasteiger partial charge is 0.326 e. The Kier molecular flexibility index (Phi) is 6.05. The van der Waals surface area contributed by atoms with Crippen LogP contribution in [0.15, 0.2) is 0 Å². The molecule has 5 heteroatoms. The Bertz CT molecular complexity index is 435. The summed E-state index contributed by atoms with van der Waals surface area (Å²) in [5.41, 5.74) is 8.52. The fourth-order valence-corrected chi connectivity index (χ4v) is 3.41. The molecule has 4 nitrogen and oxygen atoms in total. The first-order chi connectivity index (χ1) is 9.33. The summed E-state index contributed by atoms with van der Waals surface area (Å²) >= 11 is 6.40. The number of halogens is 1. The number of likely N-dealkylation sites (N-methyl/N-ethyl adjacent to an activating group) is 1. The molecule has 1 heterocycles. The average molecular weight is 301 g/mol. The number of aromatic nitrogens is 2. The molecule has 0 saturated heterocycles. The minimum atomic E-state index is 0.0000745. The molecule has 1 aromatic rings. The molecule has 0 saturated carbocycles. The first kappa shape index (κ1) is 17.5. The van der Waals surface area contributed by atoms with Crippen LogP contribution < -0.4 is 5.73 Å². The van der Waals surface area contributed by atoms with Crippen LogP contribution in [0, 0.1) is 6.92 Å². The van der Waals surface area contributed by atoms with E-state index in [1.807, 2.05) is 11.6 Å². The van der Waals surface area contributed by atoms with Crippen LogP contribution in [0.1, 0.15) is 45.0 Å². The second-order valence-corrected chi connectivity index (χ2v) is 6.06. The highest BCUT2D eigenvalue weighted by Gasteiger charge is 2.36. The second-order valence-electron chi connectivity index (χ2n) is 5.68. The van der Waals surface area contributed by atoms with Crippen molar-refractivity contribution in [3.8, 4) is 0 Å². The third-order valence-electron chi connectivity index (χ3n) is 4.67. The molecule has 0 aliphatic carbocycles. The van der Waals surface area contributed by atoms with Crippen LogP contribution in [0.25, 0.3) is 0 Å². The van der Waals surface area contributed by atoms with Crippen molar-refractivity contribution >= 4 is 11.6 Å². The molecule has 116 valence electrons. The molecule has 0 aromatic carbocycles. The lowest BCUT2D eigenvalue weighted by atomic mass is 9.81. The van der Waals surface area contributed by atoms with Gasteiger partial charge in [-0.3, -0.25) is 4.68 Å².